The molecule has 0 saturated heterocycles. The lowest BCUT2D eigenvalue weighted by Crippen LogP contribution is -1.95. The fraction of sp³-hybridized carbons (Fsp3) is 0.750. The van der Waals surface area contributed by atoms with Gasteiger partial charge in [-0.25, -0.2) is 4.98 Å². The van der Waals surface area contributed by atoms with E-state index in [-0.39, 0.29) is 0 Å². The number of aryl methyl sites for hydroxylation is 2. The van der Waals surface area contributed by atoms with E-state index in [9.17, 15) is 0 Å². The van der Waals surface area contributed by atoms with Gasteiger partial charge < -0.3 is 4.42 Å². The second-order valence-electron chi connectivity index (χ2n) is 4.35. The van der Waals surface area contributed by atoms with E-state index in [1.807, 2.05) is 6.20 Å². The summed E-state index contributed by atoms with van der Waals surface area (Å²) in [6.07, 6.45) is 10.5. The monoisotopic (exact) mass is 227 g/mol. The van der Waals surface area contributed by atoms with E-state index in [1.165, 1.54) is 32.1 Å². The first-order valence-corrected chi connectivity index (χ1v) is 6.41. The Bertz CT molecular complexity index is 292. The summed E-state index contributed by atoms with van der Waals surface area (Å²) in [5, 5.41) is 0. The van der Waals surface area contributed by atoms with E-state index in [2.05, 4.69) is 4.98 Å². The first kappa shape index (κ1) is 11.0. The van der Waals surface area contributed by atoms with Gasteiger partial charge >= 0.3 is 0 Å². The lowest BCUT2D eigenvalue weighted by molar-refractivity contribution is 0.425. The van der Waals surface area contributed by atoms with E-state index < -0.39 is 0 Å². The van der Waals surface area contributed by atoms with Crippen LogP contribution in [0, 0.1) is 5.92 Å². The van der Waals surface area contributed by atoms with Crippen LogP contribution in [0.15, 0.2) is 10.6 Å². The first-order valence-electron chi connectivity index (χ1n) is 5.88. The molecule has 0 spiro atoms. The van der Waals surface area contributed by atoms with Crippen molar-refractivity contribution < 1.29 is 4.42 Å². The summed E-state index contributed by atoms with van der Waals surface area (Å²) in [5.74, 6) is 3.32. The molecule has 1 fully saturated rings. The molecule has 0 aliphatic heterocycles. The third-order valence-electron chi connectivity index (χ3n) is 3.18. The van der Waals surface area contributed by atoms with Gasteiger partial charge in [-0.05, 0) is 12.3 Å². The van der Waals surface area contributed by atoms with Gasteiger partial charge in [-0.1, -0.05) is 25.7 Å². The van der Waals surface area contributed by atoms with Crippen LogP contribution in [-0.2, 0) is 12.8 Å². The van der Waals surface area contributed by atoms with Crippen molar-refractivity contribution in [1.82, 2.24) is 4.98 Å². The minimum Gasteiger partial charge on any atom is -0.446 e. The van der Waals surface area contributed by atoms with Crippen molar-refractivity contribution in [3.8, 4) is 0 Å². The van der Waals surface area contributed by atoms with E-state index in [0.717, 1.165) is 30.4 Å². The summed E-state index contributed by atoms with van der Waals surface area (Å²) >= 11 is 5.63. The lowest BCUT2D eigenvalue weighted by atomic mass is 10.0. The molecule has 3 heteroatoms. The van der Waals surface area contributed by atoms with Gasteiger partial charge in [0.2, 0.25) is 0 Å². The van der Waals surface area contributed by atoms with Crippen molar-refractivity contribution in [3.05, 3.63) is 17.8 Å². The normalized spacial score (nSPS) is 17.4. The average molecular weight is 228 g/mol. The van der Waals surface area contributed by atoms with Crippen LogP contribution in [0.1, 0.15) is 43.8 Å². The predicted octanol–water partition coefficient (Wildman–Crippen LogP) is 3.58. The van der Waals surface area contributed by atoms with Gasteiger partial charge in [-0.2, -0.15) is 0 Å². The van der Waals surface area contributed by atoms with Crippen LogP contribution in [0.2, 0.25) is 0 Å². The quantitative estimate of drug-likeness (QED) is 0.719. The molecule has 0 amide bonds. The molecule has 1 aromatic heterocycles. The van der Waals surface area contributed by atoms with Crippen LogP contribution in [0.3, 0.4) is 0 Å². The molecule has 1 heterocycles. The number of rotatable bonds is 5. The smallest absolute Gasteiger partial charge is 0.195 e. The van der Waals surface area contributed by atoms with E-state index >= 15 is 0 Å². The van der Waals surface area contributed by atoms with Gasteiger partial charge in [0.1, 0.15) is 5.76 Å². The average Bonchev–Trinajstić information content (AvgIpc) is 2.85. The molecule has 0 aromatic carbocycles. The molecule has 1 aliphatic rings. The highest BCUT2D eigenvalue weighted by atomic mass is 35.5. The summed E-state index contributed by atoms with van der Waals surface area (Å²) < 4.78 is 5.59. The minimum absolute atomic E-state index is 0.586. The van der Waals surface area contributed by atoms with E-state index in [0.29, 0.717) is 5.88 Å². The minimum atomic E-state index is 0.586. The number of oxazole rings is 1. The van der Waals surface area contributed by atoms with Crippen molar-refractivity contribution in [2.45, 2.75) is 44.9 Å². The summed E-state index contributed by atoms with van der Waals surface area (Å²) in [6, 6.07) is 0. The molecule has 0 bridgehead atoms. The van der Waals surface area contributed by atoms with Crippen LogP contribution >= 0.6 is 11.6 Å². The number of hydrogen-bond donors (Lipinski definition) is 0. The van der Waals surface area contributed by atoms with Crippen LogP contribution in [0.5, 0.6) is 0 Å². The number of aromatic nitrogens is 1. The zero-order valence-corrected chi connectivity index (χ0v) is 9.80. The Balaban J connectivity index is 1.77. The molecule has 2 nitrogen and oxygen atoms in total. The Labute approximate surface area is 96.0 Å². The molecule has 0 atom stereocenters. The fourth-order valence-corrected chi connectivity index (χ4v) is 2.47. The highest BCUT2D eigenvalue weighted by molar-refractivity contribution is 6.17. The Morgan fingerprint density at radius 1 is 1.33 bits per heavy atom. The molecule has 84 valence electrons. The molecule has 0 radical (unpaired) electrons. The number of hydrogen-bond acceptors (Lipinski definition) is 2. The molecular weight excluding hydrogens is 210 g/mol. The third-order valence-corrected chi connectivity index (χ3v) is 3.37. The molecule has 1 saturated carbocycles. The topological polar surface area (TPSA) is 26.0 Å². The molecule has 0 unspecified atom stereocenters. The Morgan fingerprint density at radius 3 is 2.87 bits per heavy atom. The SMILES string of the molecule is ClCCc1ncc(CCC2CCCC2)o1. The van der Waals surface area contributed by atoms with Gasteiger partial charge in [-0.3, -0.25) is 0 Å². The molecule has 1 aromatic rings. The highest BCUT2D eigenvalue weighted by Crippen LogP contribution is 2.28. The van der Waals surface area contributed by atoms with Crippen LogP contribution in [-0.4, -0.2) is 10.9 Å². The molecule has 0 N–H and O–H groups in total. The zero-order valence-electron chi connectivity index (χ0n) is 9.04. The lowest BCUT2D eigenvalue weighted by Gasteiger charge is -2.05. The Kier molecular flexibility index (Phi) is 4.07. The molecule has 15 heavy (non-hydrogen) atoms. The second kappa shape index (κ2) is 5.55. The highest BCUT2D eigenvalue weighted by Gasteiger charge is 2.15. The van der Waals surface area contributed by atoms with Crippen LogP contribution in [0.4, 0.5) is 0 Å². The van der Waals surface area contributed by atoms with Gasteiger partial charge in [0.05, 0.1) is 6.20 Å². The number of alkyl halides is 1. The summed E-state index contributed by atoms with van der Waals surface area (Å²) in [4.78, 5) is 4.20. The standard InChI is InChI=1S/C12H18ClNO/c13-8-7-12-14-9-11(15-12)6-5-10-3-1-2-4-10/h9-10H,1-8H2. The maximum atomic E-state index is 5.63. The van der Waals surface area contributed by atoms with Gasteiger partial charge in [-0.15, -0.1) is 11.6 Å². The van der Waals surface area contributed by atoms with E-state index in [1.54, 1.807) is 0 Å². The summed E-state index contributed by atoms with van der Waals surface area (Å²) in [5.41, 5.74) is 0. The van der Waals surface area contributed by atoms with Gasteiger partial charge in [0, 0.05) is 18.7 Å². The summed E-state index contributed by atoms with van der Waals surface area (Å²) in [6.45, 7) is 0. The fourth-order valence-electron chi connectivity index (χ4n) is 2.31. The van der Waals surface area contributed by atoms with Crippen molar-refractivity contribution in [2.24, 2.45) is 5.92 Å². The van der Waals surface area contributed by atoms with E-state index in [4.69, 9.17) is 16.0 Å². The first-order chi connectivity index (χ1) is 7.38. The number of nitrogens with zero attached hydrogens (tertiary/aromatic N) is 1. The van der Waals surface area contributed by atoms with Crippen molar-refractivity contribution >= 4 is 11.6 Å². The molecule has 1 aliphatic carbocycles. The van der Waals surface area contributed by atoms with Crippen molar-refractivity contribution in [2.75, 3.05) is 5.88 Å². The molecular formula is C12H18ClNO. The maximum Gasteiger partial charge on any atom is 0.195 e. The maximum absolute atomic E-state index is 5.63. The van der Waals surface area contributed by atoms with Crippen LogP contribution < -0.4 is 0 Å². The van der Waals surface area contributed by atoms with Crippen molar-refractivity contribution in [3.63, 3.8) is 0 Å². The van der Waals surface area contributed by atoms with Gasteiger partial charge in [0.25, 0.3) is 0 Å². The summed E-state index contributed by atoms with van der Waals surface area (Å²) in [7, 11) is 0. The van der Waals surface area contributed by atoms with Crippen LogP contribution in [0.25, 0.3) is 0 Å². The third kappa shape index (κ3) is 3.23. The number of halogens is 1. The Hall–Kier alpha value is -0.500. The van der Waals surface area contributed by atoms with Gasteiger partial charge in [0.15, 0.2) is 5.89 Å². The Morgan fingerprint density at radius 2 is 2.13 bits per heavy atom. The largest absolute Gasteiger partial charge is 0.446 e. The zero-order chi connectivity index (χ0) is 10.5. The second-order valence-corrected chi connectivity index (χ2v) is 4.73. The molecule has 2 rings (SSSR count). The predicted molar refractivity (Wildman–Crippen MR) is 61.2 cm³/mol. The van der Waals surface area contributed by atoms with Crippen molar-refractivity contribution in [1.29, 1.82) is 0 Å².